The van der Waals surface area contributed by atoms with Crippen molar-refractivity contribution in [2.75, 3.05) is 13.7 Å². The van der Waals surface area contributed by atoms with E-state index in [2.05, 4.69) is 6.92 Å². The molecule has 1 saturated heterocycles. The van der Waals surface area contributed by atoms with Gasteiger partial charge in [-0.1, -0.05) is 84.0 Å². The predicted molar refractivity (Wildman–Crippen MR) is 181 cm³/mol. The number of aliphatic hydroxyl groups is 4. The maximum atomic E-state index is 13.5. The Morgan fingerprint density at radius 3 is 1.82 bits per heavy atom. The molecule has 0 saturated carbocycles. The van der Waals surface area contributed by atoms with Gasteiger partial charge < -0.3 is 49.6 Å². The van der Waals surface area contributed by atoms with Gasteiger partial charge in [-0.3, -0.25) is 0 Å². The van der Waals surface area contributed by atoms with E-state index >= 15 is 0 Å². The Balaban J connectivity index is 1.71. The molecule has 49 heavy (non-hydrogen) atoms. The van der Waals surface area contributed by atoms with Gasteiger partial charge in [0.25, 0.3) is 0 Å². The summed E-state index contributed by atoms with van der Waals surface area (Å²) in [6.07, 6.45) is 7.89. The Bertz CT molecular complexity index is 1320. The van der Waals surface area contributed by atoms with Gasteiger partial charge in [0.2, 0.25) is 6.29 Å². The molecule has 0 aromatic heterocycles. The molecule has 0 bridgehead atoms. The number of hydrogen-bond donors (Lipinski definition) is 6. The Morgan fingerprint density at radius 1 is 0.714 bits per heavy atom. The second-order valence-corrected chi connectivity index (χ2v) is 12.8. The third kappa shape index (κ3) is 11.6. The highest BCUT2D eigenvalue weighted by atomic mass is 16.7. The number of carbonyl (C=O) groups excluding carboxylic acids is 2. The van der Waals surface area contributed by atoms with E-state index in [1.807, 2.05) is 0 Å². The molecule has 2 aromatic carbocycles. The molecule has 0 unspecified atom stereocenters. The van der Waals surface area contributed by atoms with Crippen molar-refractivity contribution in [3.8, 4) is 23.0 Å². The minimum absolute atomic E-state index is 0.0130. The van der Waals surface area contributed by atoms with Crippen molar-refractivity contribution in [1.82, 2.24) is 0 Å². The fraction of sp³-hybridized carbons (Fsp3) is 0.622. The third-order valence-corrected chi connectivity index (χ3v) is 8.92. The second-order valence-electron chi connectivity index (χ2n) is 12.8. The smallest absolute Gasteiger partial charge is 0.347 e. The van der Waals surface area contributed by atoms with Crippen LogP contribution in [0.2, 0.25) is 0 Å². The van der Waals surface area contributed by atoms with Crippen LogP contribution in [-0.2, 0) is 15.9 Å². The average molecular weight is 691 g/mol. The summed E-state index contributed by atoms with van der Waals surface area (Å²) in [6.45, 7) is 3.13. The maximum Gasteiger partial charge on any atom is 0.347 e. The van der Waals surface area contributed by atoms with Gasteiger partial charge in [-0.05, 0) is 43.0 Å². The quantitative estimate of drug-likeness (QED) is 0.0604. The van der Waals surface area contributed by atoms with Gasteiger partial charge in [-0.2, -0.15) is 0 Å². The summed E-state index contributed by atoms with van der Waals surface area (Å²) >= 11 is 0. The summed E-state index contributed by atoms with van der Waals surface area (Å²) in [6, 6.07) is 5.14. The Labute approximate surface area is 288 Å². The molecule has 1 heterocycles. The van der Waals surface area contributed by atoms with Crippen LogP contribution in [0.15, 0.2) is 24.3 Å². The van der Waals surface area contributed by atoms with E-state index in [0.29, 0.717) is 24.0 Å². The first-order valence-electron chi connectivity index (χ1n) is 17.5. The van der Waals surface area contributed by atoms with Crippen molar-refractivity contribution >= 4 is 11.9 Å². The highest BCUT2D eigenvalue weighted by Crippen LogP contribution is 2.34. The molecule has 12 heteroatoms. The van der Waals surface area contributed by atoms with Crippen LogP contribution in [-0.4, -0.2) is 87.0 Å². The molecule has 0 amide bonds. The number of hydrogen-bond acceptors (Lipinski definition) is 12. The molecular formula is C37H54O12. The van der Waals surface area contributed by atoms with Gasteiger partial charge in [0.05, 0.1) is 13.7 Å². The molecule has 1 fully saturated rings. The van der Waals surface area contributed by atoms with Crippen molar-refractivity contribution in [2.45, 2.75) is 134 Å². The van der Waals surface area contributed by atoms with Crippen molar-refractivity contribution in [3.05, 3.63) is 46.5 Å². The normalized spacial score (nSPS) is 20.6. The van der Waals surface area contributed by atoms with Gasteiger partial charge >= 0.3 is 11.9 Å². The summed E-state index contributed by atoms with van der Waals surface area (Å²) in [5.41, 5.74) is 0.506. The zero-order valence-corrected chi connectivity index (χ0v) is 28.9. The number of unbranched alkanes of at least 4 members (excludes halogenated alkanes) is 12. The van der Waals surface area contributed by atoms with Crippen LogP contribution in [0.1, 0.15) is 122 Å². The average Bonchev–Trinajstić information content (AvgIpc) is 3.06. The Hall–Kier alpha value is -3.42. The minimum atomic E-state index is -1.67. The van der Waals surface area contributed by atoms with E-state index in [9.17, 15) is 40.2 Å². The lowest BCUT2D eigenvalue weighted by Crippen LogP contribution is -2.60. The van der Waals surface area contributed by atoms with Crippen molar-refractivity contribution < 1.29 is 59.2 Å². The summed E-state index contributed by atoms with van der Waals surface area (Å²) in [4.78, 5) is 25.5. The fourth-order valence-corrected chi connectivity index (χ4v) is 6.11. The van der Waals surface area contributed by atoms with Crippen molar-refractivity contribution in [1.29, 1.82) is 0 Å². The first-order chi connectivity index (χ1) is 23.5. The van der Waals surface area contributed by atoms with Crippen molar-refractivity contribution in [2.24, 2.45) is 0 Å². The number of phenolic OH excluding ortho intramolecular Hbond substituents is 2. The molecular weight excluding hydrogens is 636 g/mol. The number of aliphatic hydroxyl groups excluding tert-OH is 4. The largest absolute Gasteiger partial charge is 0.507 e. The molecule has 6 N–H and O–H groups in total. The lowest BCUT2D eigenvalue weighted by molar-refractivity contribution is -0.277. The standard InChI is InChI=1S/C37H54O12/c1-4-5-6-7-8-9-10-11-12-13-14-15-16-17-24-19-26(48-37-34(43)33(42)32(41)29(22-38)49-37)21-28(40)31(24)36(45)47-25-18-23(2)30(27(39)20-25)35(44)46-3/h18-21,29,32-34,37-43H,4-17,22H2,1-3H3/t29-,32-,33+,34-,37-/m1/s1. The van der Waals surface area contributed by atoms with E-state index in [4.69, 9.17) is 18.9 Å². The van der Waals surface area contributed by atoms with E-state index in [1.54, 1.807) is 6.92 Å². The summed E-state index contributed by atoms with van der Waals surface area (Å²) in [5.74, 6) is -2.62. The predicted octanol–water partition coefficient (Wildman–Crippen LogP) is 5.22. The number of carbonyl (C=O) groups is 2. The van der Waals surface area contributed by atoms with Gasteiger partial charge in [-0.15, -0.1) is 0 Å². The molecule has 12 nitrogen and oxygen atoms in total. The number of methoxy groups -OCH3 is 1. The van der Waals surface area contributed by atoms with Gasteiger partial charge in [0.15, 0.2) is 0 Å². The van der Waals surface area contributed by atoms with Crippen LogP contribution in [0.5, 0.6) is 23.0 Å². The first-order valence-corrected chi connectivity index (χ1v) is 17.5. The molecule has 0 spiro atoms. The zero-order valence-electron chi connectivity index (χ0n) is 28.9. The zero-order chi connectivity index (χ0) is 35.9. The molecule has 5 atom stereocenters. The van der Waals surface area contributed by atoms with Crippen LogP contribution in [0.3, 0.4) is 0 Å². The molecule has 2 aromatic rings. The Kier molecular flexibility index (Phi) is 16.6. The number of phenols is 2. The summed E-state index contributed by atoms with van der Waals surface area (Å²) < 4.78 is 21.4. The van der Waals surface area contributed by atoms with Crippen LogP contribution in [0, 0.1) is 6.92 Å². The van der Waals surface area contributed by atoms with E-state index in [1.165, 1.54) is 70.6 Å². The second kappa shape index (κ2) is 20.3. The number of rotatable bonds is 20. The lowest BCUT2D eigenvalue weighted by atomic mass is 9.98. The Morgan fingerprint density at radius 2 is 1.27 bits per heavy atom. The van der Waals surface area contributed by atoms with Gasteiger partial charge in [0.1, 0.15) is 58.5 Å². The molecule has 0 radical (unpaired) electrons. The van der Waals surface area contributed by atoms with Crippen LogP contribution in [0.25, 0.3) is 0 Å². The molecule has 3 rings (SSSR count). The highest BCUT2D eigenvalue weighted by Gasteiger charge is 2.44. The fourth-order valence-electron chi connectivity index (χ4n) is 6.11. The topological polar surface area (TPSA) is 192 Å². The SMILES string of the molecule is CCCCCCCCCCCCCCCc1cc(O[C@@H]2O[C@H](CO)[C@@H](O)[C@H](O)[C@H]2O)cc(O)c1C(=O)Oc1cc(C)c(C(=O)OC)c(O)c1. The highest BCUT2D eigenvalue weighted by molar-refractivity contribution is 5.97. The minimum Gasteiger partial charge on any atom is -0.507 e. The van der Waals surface area contributed by atoms with E-state index < -0.39 is 60.8 Å². The van der Waals surface area contributed by atoms with Gasteiger partial charge in [0, 0.05) is 12.1 Å². The number of aryl methyl sites for hydroxylation is 2. The maximum absolute atomic E-state index is 13.5. The molecule has 0 aliphatic carbocycles. The van der Waals surface area contributed by atoms with Crippen LogP contribution in [0.4, 0.5) is 0 Å². The molecule has 274 valence electrons. The van der Waals surface area contributed by atoms with E-state index in [-0.39, 0.29) is 22.6 Å². The number of esters is 2. The number of benzene rings is 2. The van der Waals surface area contributed by atoms with Crippen molar-refractivity contribution in [3.63, 3.8) is 0 Å². The number of aromatic hydroxyl groups is 2. The monoisotopic (exact) mass is 690 g/mol. The molecule has 1 aliphatic rings. The number of ether oxygens (including phenoxy) is 4. The van der Waals surface area contributed by atoms with Crippen LogP contribution >= 0.6 is 0 Å². The third-order valence-electron chi connectivity index (χ3n) is 8.92. The van der Waals surface area contributed by atoms with E-state index in [0.717, 1.165) is 37.8 Å². The summed E-state index contributed by atoms with van der Waals surface area (Å²) in [5, 5.41) is 61.7. The lowest BCUT2D eigenvalue weighted by Gasteiger charge is -2.39. The van der Waals surface area contributed by atoms with Gasteiger partial charge in [-0.25, -0.2) is 9.59 Å². The first kappa shape index (κ1) is 40.0. The summed E-state index contributed by atoms with van der Waals surface area (Å²) in [7, 11) is 1.18. The molecule has 1 aliphatic heterocycles. The van der Waals surface area contributed by atoms with Crippen LogP contribution < -0.4 is 9.47 Å².